The van der Waals surface area contributed by atoms with Crippen LogP contribution in [0.4, 0.5) is 4.79 Å². The van der Waals surface area contributed by atoms with E-state index in [1.165, 1.54) is 12.8 Å². The van der Waals surface area contributed by atoms with Crippen LogP contribution in [0.15, 0.2) is 0 Å². The van der Waals surface area contributed by atoms with Gasteiger partial charge in [0.1, 0.15) is 5.60 Å². The van der Waals surface area contributed by atoms with Crippen LogP contribution in [0.3, 0.4) is 0 Å². The van der Waals surface area contributed by atoms with Crippen LogP contribution in [0.25, 0.3) is 0 Å². The second-order valence-electron chi connectivity index (χ2n) is 7.65. The molecule has 0 bridgehead atoms. The van der Waals surface area contributed by atoms with Crippen LogP contribution in [0.5, 0.6) is 0 Å². The predicted molar refractivity (Wildman–Crippen MR) is 82.8 cm³/mol. The molecule has 0 aromatic rings. The summed E-state index contributed by atoms with van der Waals surface area (Å²) in [5.74, 6) is 1.46. The van der Waals surface area contributed by atoms with Gasteiger partial charge in [-0.25, -0.2) is 4.79 Å². The van der Waals surface area contributed by atoms with E-state index in [2.05, 4.69) is 31.4 Å². The first kappa shape index (κ1) is 17.3. The Morgan fingerprint density at radius 1 is 1.30 bits per heavy atom. The monoisotopic (exact) mass is 284 g/mol. The van der Waals surface area contributed by atoms with Crippen molar-refractivity contribution >= 4 is 6.09 Å². The normalized spacial score (nSPS) is 24.1. The maximum absolute atomic E-state index is 11.7. The number of rotatable bonds is 6. The number of alkyl carbamates (subject to hydrolysis) is 1. The van der Waals surface area contributed by atoms with Gasteiger partial charge in [0.2, 0.25) is 0 Å². The molecule has 1 atom stereocenters. The Labute approximate surface area is 124 Å². The quantitative estimate of drug-likeness (QED) is 0.786. The Morgan fingerprint density at radius 2 is 1.90 bits per heavy atom. The van der Waals surface area contributed by atoms with Crippen molar-refractivity contribution in [2.75, 3.05) is 6.54 Å². The Kier molecular flexibility index (Phi) is 6.31. The van der Waals surface area contributed by atoms with E-state index in [-0.39, 0.29) is 6.09 Å². The third kappa shape index (κ3) is 7.13. The highest BCUT2D eigenvalue weighted by molar-refractivity contribution is 5.67. The molecule has 1 unspecified atom stereocenters. The number of hydrogen-bond acceptors (Lipinski definition) is 3. The lowest BCUT2D eigenvalue weighted by Crippen LogP contribution is -2.50. The van der Waals surface area contributed by atoms with Crippen LogP contribution >= 0.6 is 0 Å². The molecule has 4 nitrogen and oxygen atoms in total. The third-order valence-electron chi connectivity index (χ3n) is 3.49. The topological polar surface area (TPSA) is 50.4 Å². The minimum Gasteiger partial charge on any atom is -0.444 e. The van der Waals surface area contributed by atoms with Crippen molar-refractivity contribution in [3.05, 3.63) is 0 Å². The van der Waals surface area contributed by atoms with Gasteiger partial charge in [-0.3, -0.25) is 0 Å². The first-order valence-electron chi connectivity index (χ1n) is 7.88. The number of nitrogens with one attached hydrogen (secondary N) is 2. The molecule has 1 fully saturated rings. The van der Waals surface area contributed by atoms with Gasteiger partial charge < -0.3 is 15.4 Å². The second-order valence-corrected chi connectivity index (χ2v) is 7.65. The first-order valence-corrected chi connectivity index (χ1v) is 7.88. The SMILES string of the molecule is CC(C)CC(CNC(=O)OC(C)(C)C)NC1CC(C)C1. The van der Waals surface area contributed by atoms with E-state index in [0.717, 1.165) is 12.3 Å². The van der Waals surface area contributed by atoms with Crippen LogP contribution in [0, 0.1) is 11.8 Å². The molecule has 1 amide bonds. The molecule has 0 aliphatic heterocycles. The molecule has 0 spiro atoms. The van der Waals surface area contributed by atoms with Gasteiger partial charge in [0.15, 0.2) is 0 Å². The van der Waals surface area contributed by atoms with E-state index in [9.17, 15) is 4.79 Å². The Hall–Kier alpha value is -0.770. The van der Waals surface area contributed by atoms with Crippen molar-refractivity contribution in [1.82, 2.24) is 10.6 Å². The summed E-state index contributed by atoms with van der Waals surface area (Å²) in [6.45, 7) is 13.0. The molecule has 0 heterocycles. The summed E-state index contributed by atoms with van der Waals surface area (Å²) in [5.41, 5.74) is -0.436. The minimum atomic E-state index is -0.436. The van der Waals surface area contributed by atoms with E-state index in [4.69, 9.17) is 4.74 Å². The Balaban J connectivity index is 2.34. The molecule has 0 aromatic heterocycles. The standard InChI is InChI=1S/C16H32N2O2/c1-11(2)7-14(18-13-8-12(3)9-13)10-17-15(19)20-16(4,5)6/h11-14,18H,7-10H2,1-6H3,(H,17,19). The van der Waals surface area contributed by atoms with Crippen LogP contribution in [0.2, 0.25) is 0 Å². The maximum atomic E-state index is 11.7. The fraction of sp³-hybridized carbons (Fsp3) is 0.938. The van der Waals surface area contributed by atoms with Crippen LogP contribution in [-0.2, 0) is 4.74 Å². The highest BCUT2D eigenvalue weighted by Crippen LogP contribution is 2.27. The van der Waals surface area contributed by atoms with E-state index in [0.29, 0.717) is 24.5 Å². The van der Waals surface area contributed by atoms with Crippen molar-refractivity contribution in [2.24, 2.45) is 11.8 Å². The smallest absolute Gasteiger partial charge is 0.407 e. The summed E-state index contributed by atoms with van der Waals surface area (Å²) in [4.78, 5) is 11.7. The fourth-order valence-electron chi connectivity index (χ4n) is 2.67. The van der Waals surface area contributed by atoms with Crippen molar-refractivity contribution in [1.29, 1.82) is 0 Å². The number of hydrogen-bond donors (Lipinski definition) is 2. The lowest BCUT2D eigenvalue weighted by molar-refractivity contribution is 0.0517. The van der Waals surface area contributed by atoms with Gasteiger partial charge in [-0.15, -0.1) is 0 Å². The highest BCUT2D eigenvalue weighted by atomic mass is 16.6. The fourth-order valence-corrected chi connectivity index (χ4v) is 2.67. The molecule has 4 heteroatoms. The molecule has 1 aliphatic carbocycles. The zero-order valence-electron chi connectivity index (χ0n) is 14.0. The first-order chi connectivity index (χ1) is 9.15. The van der Waals surface area contributed by atoms with Crippen molar-refractivity contribution in [3.63, 3.8) is 0 Å². The van der Waals surface area contributed by atoms with E-state index in [1.807, 2.05) is 20.8 Å². The highest BCUT2D eigenvalue weighted by Gasteiger charge is 2.27. The average molecular weight is 284 g/mol. The third-order valence-corrected chi connectivity index (χ3v) is 3.49. The molecule has 2 N–H and O–H groups in total. The Bertz CT molecular complexity index is 304. The maximum Gasteiger partial charge on any atom is 0.407 e. The summed E-state index contributed by atoms with van der Waals surface area (Å²) in [5, 5.41) is 6.55. The predicted octanol–water partition coefficient (Wildman–Crippen LogP) is 3.31. The zero-order valence-corrected chi connectivity index (χ0v) is 14.0. The van der Waals surface area contributed by atoms with Crippen LogP contribution in [-0.4, -0.2) is 30.3 Å². The van der Waals surface area contributed by atoms with E-state index < -0.39 is 5.60 Å². The summed E-state index contributed by atoms with van der Waals surface area (Å²) in [6, 6.07) is 0.953. The summed E-state index contributed by atoms with van der Waals surface area (Å²) >= 11 is 0. The molecular weight excluding hydrogens is 252 g/mol. The summed E-state index contributed by atoms with van der Waals surface area (Å²) in [7, 11) is 0. The van der Waals surface area contributed by atoms with Crippen LogP contribution < -0.4 is 10.6 Å². The molecule has 0 saturated heterocycles. The van der Waals surface area contributed by atoms with Gasteiger partial charge in [-0.2, -0.15) is 0 Å². The lowest BCUT2D eigenvalue weighted by Gasteiger charge is -2.37. The molecule has 1 aliphatic rings. The van der Waals surface area contributed by atoms with Gasteiger partial charge in [-0.1, -0.05) is 20.8 Å². The molecule has 118 valence electrons. The molecule has 20 heavy (non-hydrogen) atoms. The van der Waals surface area contributed by atoms with Gasteiger partial charge in [-0.05, 0) is 51.9 Å². The van der Waals surface area contributed by atoms with Crippen molar-refractivity contribution < 1.29 is 9.53 Å². The van der Waals surface area contributed by atoms with E-state index in [1.54, 1.807) is 0 Å². The van der Waals surface area contributed by atoms with Crippen molar-refractivity contribution in [2.45, 2.75) is 78.5 Å². The second kappa shape index (κ2) is 7.30. The zero-order chi connectivity index (χ0) is 15.3. The largest absolute Gasteiger partial charge is 0.444 e. The van der Waals surface area contributed by atoms with Gasteiger partial charge in [0, 0.05) is 18.6 Å². The molecule has 1 saturated carbocycles. The minimum absolute atomic E-state index is 0.324. The van der Waals surface area contributed by atoms with Crippen molar-refractivity contribution in [3.8, 4) is 0 Å². The number of carbonyl (C=O) groups is 1. The Morgan fingerprint density at radius 3 is 2.35 bits per heavy atom. The number of amides is 1. The summed E-state index contributed by atoms with van der Waals surface area (Å²) in [6.07, 6.45) is 3.25. The lowest BCUT2D eigenvalue weighted by atomic mass is 9.81. The number of carbonyl (C=O) groups excluding carboxylic acids is 1. The average Bonchev–Trinajstić information content (AvgIpc) is 2.20. The van der Waals surface area contributed by atoms with Gasteiger partial charge >= 0.3 is 6.09 Å². The molecular formula is C16H32N2O2. The molecule has 0 radical (unpaired) electrons. The molecule has 0 aromatic carbocycles. The molecule has 1 rings (SSSR count). The van der Waals surface area contributed by atoms with Crippen LogP contribution in [0.1, 0.15) is 60.8 Å². The summed E-state index contributed by atoms with van der Waals surface area (Å²) < 4.78 is 5.28. The van der Waals surface area contributed by atoms with E-state index >= 15 is 0 Å². The van der Waals surface area contributed by atoms with Gasteiger partial charge in [0.25, 0.3) is 0 Å². The number of ether oxygens (including phenoxy) is 1. The van der Waals surface area contributed by atoms with Gasteiger partial charge in [0.05, 0.1) is 0 Å².